The fraction of sp³-hybridized carbons (Fsp3) is 0. The first kappa shape index (κ1) is 1620. The number of hydrogen-bond donors (Lipinski definition) is 0. The summed E-state index contributed by atoms with van der Waals surface area (Å²) in [6.07, 6.45) is 0. The molecule has 0 atom stereocenters. The second-order valence-corrected chi connectivity index (χ2v) is 1.34. The molecule has 344 valence electrons. The fourth-order valence-electron chi connectivity index (χ4n) is 0. The Morgan fingerprint density at radius 3 is 0.185 bits per heavy atom. The van der Waals surface area contributed by atoms with Gasteiger partial charge >= 0.3 is 282 Å². The number of rotatable bonds is 0. The number of phosphoric acid groups is 1. The summed E-state index contributed by atoms with van der Waals surface area (Å²) in [5, 5.41) is 0. The monoisotopic (exact) mass is 1890 g/mol. The molecule has 0 amide bonds. The predicted molar refractivity (Wildman–Crippen MR) is 67.4 cm³/mol. The van der Waals surface area contributed by atoms with E-state index in [-0.39, 0.29) is 479 Å². The molecule has 0 saturated carbocycles. The maximum atomic E-state index is 8.55. The van der Waals surface area contributed by atoms with Crippen LogP contribution in [0.1, 0.15) is 0 Å². The van der Waals surface area contributed by atoms with Gasteiger partial charge in [0.1, 0.15) is 0 Å². The molecule has 0 aliphatic carbocycles. The van der Waals surface area contributed by atoms with E-state index >= 15 is 0 Å². The van der Waals surface area contributed by atoms with Gasteiger partial charge in [0.2, 0.25) is 0 Å². The molecule has 0 rings (SSSR count). The molecule has 0 bridgehead atoms. The summed E-state index contributed by atoms with van der Waals surface area (Å²) in [4.78, 5) is 25.6. The van der Waals surface area contributed by atoms with Gasteiger partial charge in [0.05, 0.1) is 0 Å². The predicted octanol–water partition coefficient (Wildman–Crippen LogP) is -18.6. The minimum absolute atomic E-state index is 0. The SMILES string of the molecule is O.O.O.O.O.O.O.O.O.O.O.O.O=P([O-])([O-])[O-].[Mo+4].[Mo+4].[Mo+4].[Mo+4].[Mo+4].[Mo+4].[Mo+4].[Mo+4].[Mo+4].[Mo+4].[Mo+4].[Mo+4].[Na+].[O-2].[O-2].[O-2].[O-2].[O-2].[O-2].[O-2].[O-2].[O-2].[O-2].[O-2].[O-2].[O-2].[O-2].[O-2].[O-2].[O-2].[O-2].[O-2].[O-2].[O-2].[O-2].[O-2].[O-2]. The molecule has 0 aromatic heterocycles. The Morgan fingerprint density at radius 2 is 0.185 bits per heavy atom. The molecule has 40 nitrogen and oxygen atoms in total. The van der Waals surface area contributed by atoms with Gasteiger partial charge in [0, 0.05) is 0 Å². The molecule has 0 heterocycles. The van der Waals surface area contributed by atoms with E-state index in [1.54, 1.807) is 0 Å². The molecule has 0 aromatic rings. The second kappa shape index (κ2) is 1130. The topological polar surface area (TPSA) is 1150 Å². The Bertz CT molecular complexity index is 101. The van der Waals surface area contributed by atoms with Crippen LogP contribution >= 0.6 is 7.82 Å². The Labute approximate surface area is 499 Å². The van der Waals surface area contributed by atoms with Crippen molar-refractivity contribution in [3.05, 3.63) is 0 Å². The molecule has 54 heteroatoms. The molecule has 0 radical (unpaired) electrons. The van der Waals surface area contributed by atoms with Gasteiger partial charge in [-0.1, -0.05) is 0 Å². The first-order chi connectivity index (χ1) is 2.00. The van der Waals surface area contributed by atoms with Crippen molar-refractivity contribution in [3.8, 4) is 0 Å². The summed E-state index contributed by atoms with van der Waals surface area (Å²) in [5.41, 5.74) is 0. The van der Waals surface area contributed by atoms with Gasteiger partial charge < -0.3 is 216 Å². The number of hydrogen-bond acceptors (Lipinski definition) is 4. The quantitative estimate of drug-likeness (QED) is 0.168. The Balaban J connectivity index is -0.0000000000680. The summed E-state index contributed by atoms with van der Waals surface area (Å²) in [5.74, 6) is 0. The fourth-order valence-corrected chi connectivity index (χ4v) is 0. The largest absolute Gasteiger partial charge is 4.00 e. The molecule has 0 aliphatic heterocycles. The van der Waals surface area contributed by atoms with Crippen LogP contribution in [0.25, 0.3) is 0 Å². The molecule has 0 saturated heterocycles. The van der Waals surface area contributed by atoms with E-state index in [0.717, 1.165) is 0 Å². The summed E-state index contributed by atoms with van der Waals surface area (Å²) < 4.78 is 8.55. The van der Waals surface area contributed by atoms with E-state index in [1.807, 2.05) is 0 Å². The van der Waals surface area contributed by atoms with Crippen LogP contribution in [-0.2, 0) is 389 Å². The van der Waals surface area contributed by atoms with Gasteiger partial charge in [-0.3, -0.25) is 0 Å². The first-order valence-electron chi connectivity index (χ1n) is 0.730. The van der Waals surface area contributed by atoms with Gasteiger partial charge in [-0.05, 0) is 0 Å². The van der Waals surface area contributed by atoms with Crippen LogP contribution in [0.4, 0.5) is 0 Å². The zero-order chi connectivity index (χ0) is 4.50. The van der Waals surface area contributed by atoms with Gasteiger partial charge in [-0.2, -0.15) is 7.82 Å². The smallest absolute Gasteiger partial charge is 2.00 e. The van der Waals surface area contributed by atoms with E-state index in [0.29, 0.717) is 0 Å². The molecule has 0 spiro atoms. The maximum absolute atomic E-state index is 8.55. The zero-order valence-electron chi connectivity index (χ0n) is 23.8. The maximum Gasteiger partial charge on any atom is 4.00 e. The molecule has 24 N–H and O–H groups in total. The summed E-state index contributed by atoms with van der Waals surface area (Å²) in [7, 11) is -5.39. The van der Waals surface area contributed by atoms with E-state index in [2.05, 4.69) is 0 Å². The van der Waals surface area contributed by atoms with Crippen LogP contribution in [0.3, 0.4) is 0 Å². The van der Waals surface area contributed by atoms with E-state index in [1.165, 1.54) is 0 Å². The molecule has 0 unspecified atom stereocenters. The van der Waals surface area contributed by atoms with Crippen LogP contribution in [0.15, 0.2) is 0 Å². The molecular formula is H24Mo12NaO40P-2. The zero-order valence-corrected chi connectivity index (χ0v) is 50.8. The Kier molecular flexibility index (Phi) is 33700. The summed E-state index contributed by atoms with van der Waals surface area (Å²) >= 11 is 0. The van der Waals surface area contributed by atoms with E-state index in [4.69, 9.17) is 19.2 Å². The van der Waals surface area contributed by atoms with Crippen LogP contribution in [0.5, 0.6) is 0 Å². The average molecular weight is 1870 g/mol. The van der Waals surface area contributed by atoms with Crippen molar-refractivity contribution < 1.29 is 499 Å². The van der Waals surface area contributed by atoms with Crippen molar-refractivity contribution >= 4 is 7.82 Å². The van der Waals surface area contributed by atoms with Crippen LogP contribution in [0.2, 0.25) is 0 Å². The van der Waals surface area contributed by atoms with Crippen molar-refractivity contribution in [2.45, 2.75) is 0 Å². The first-order valence-corrected chi connectivity index (χ1v) is 2.19. The van der Waals surface area contributed by atoms with Crippen LogP contribution in [-0.4, -0.2) is 65.7 Å². The van der Waals surface area contributed by atoms with Crippen LogP contribution < -0.4 is 44.2 Å². The standard InChI is InChI=1S/12Mo.Na.H3O4P.12H2O.24O/c;;;;;;;;;;;;;1-5(2,3)4;;;;;;;;;;;;;;;;;;;;;;;;;;;;;;;;;;;;/h;;;;;;;;;;;;;(H3,1,2,3,4);12*1H2;;;;;;;;;;;;;;;;;;;;;;;;/q12*+4;+1;;;;;;;;;;;;;;24*-2/p-3. The van der Waals surface area contributed by atoms with Crippen molar-refractivity contribution in [1.29, 1.82) is 0 Å². The molecular weight excluding hydrogens is 1850 g/mol. The van der Waals surface area contributed by atoms with Gasteiger partial charge in [-0.15, -0.1) is 0 Å². The van der Waals surface area contributed by atoms with Gasteiger partial charge in [-0.25, -0.2) is 0 Å². The van der Waals surface area contributed by atoms with E-state index in [9.17, 15) is 0 Å². The van der Waals surface area contributed by atoms with Gasteiger partial charge in [0.15, 0.2) is 0 Å². The van der Waals surface area contributed by atoms with Crippen molar-refractivity contribution in [2.75, 3.05) is 0 Å². The van der Waals surface area contributed by atoms with Crippen molar-refractivity contribution in [2.24, 2.45) is 0 Å². The van der Waals surface area contributed by atoms with Crippen molar-refractivity contribution in [1.82, 2.24) is 0 Å². The molecule has 0 aliphatic rings. The van der Waals surface area contributed by atoms with E-state index < -0.39 is 7.82 Å². The van der Waals surface area contributed by atoms with Gasteiger partial charge in [0.25, 0.3) is 0 Å². The third kappa shape index (κ3) is 3310. The van der Waals surface area contributed by atoms with Crippen molar-refractivity contribution in [3.63, 3.8) is 0 Å². The third-order valence-corrected chi connectivity index (χ3v) is 0. The molecule has 0 aromatic carbocycles. The normalized spacial score (nSPS) is 1.09. The molecule has 54 heavy (non-hydrogen) atoms. The summed E-state index contributed by atoms with van der Waals surface area (Å²) in [6, 6.07) is 0. The summed E-state index contributed by atoms with van der Waals surface area (Å²) in [6.45, 7) is 0. The Hall–Kier alpha value is 7.93. The third-order valence-electron chi connectivity index (χ3n) is 0. The minimum Gasteiger partial charge on any atom is -2.00 e. The molecule has 0 fully saturated rings. The second-order valence-electron chi connectivity index (χ2n) is 0.447. The Morgan fingerprint density at radius 1 is 0.185 bits per heavy atom. The van der Waals surface area contributed by atoms with Crippen LogP contribution in [0, 0.1) is 0 Å². The average Bonchev–Trinajstić information content (AvgIpc) is 0.722. The minimum atomic E-state index is -5.39.